The average Bonchev–Trinajstić information content (AvgIpc) is 2.49. The minimum atomic E-state index is 0.515. The lowest BCUT2D eigenvalue weighted by molar-refractivity contribution is 0.494. The SMILES string of the molecule is C=C(C)/C=C\C(=C)C(=C)/C=C\C(=C)C(C)CCC(C)C.CC. The van der Waals surface area contributed by atoms with E-state index in [1.54, 1.807) is 0 Å². The van der Waals surface area contributed by atoms with Crippen molar-refractivity contribution < 1.29 is 0 Å². The lowest BCUT2D eigenvalue weighted by Gasteiger charge is -2.13. The summed E-state index contributed by atoms with van der Waals surface area (Å²) < 4.78 is 0. The van der Waals surface area contributed by atoms with Crippen molar-refractivity contribution in [3.8, 4) is 0 Å². The zero-order valence-electron chi connectivity index (χ0n) is 15.7. The van der Waals surface area contributed by atoms with Gasteiger partial charge in [-0.3, -0.25) is 0 Å². The van der Waals surface area contributed by atoms with Gasteiger partial charge in [-0.1, -0.05) is 103 Å². The maximum absolute atomic E-state index is 4.15. The predicted molar refractivity (Wildman–Crippen MR) is 105 cm³/mol. The van der Waals surface area contributed by atoms with Crippen molar-refractivity contribution in [2.45, 2.75) is 54.4 Å². The van der Waals surface area contributed by atoms with Gasteiger partial charge >= 0.3 is 0 Å². The Bertz CT molecular complexity index is 427. The first-order valence-corrected chi connectivity index (χ1v) is 8.32. The van der Waals surface area contributed by atoms with Gasteiger partial charge in [0.05, 0.1) is 0 Å². The summed E-state index contributed by atoms with van der Waals surface area (Å²) in [4.78, 5) is 0. The Morgan fingerprint density at radius 1 is 0.773 bits per heavy atom. The molecule has 0 radical (unpaired) electrons. The molecule has 0 aromatic rings. The van der Waals surface area contributed by atoms with Crippen LogP contribution in [0.3, 0.4) is 0 Å². The molecule has 0 rings (SSSR count). The lowest BCUT2D eigenvalue weighted by Crippen LogP contribution is -1.99. The topological polar surface area (TPSA) is 0 Å². The molecule has 1 unspecified atom stereocenters. The molecule has 0 N–H and O–H groups in total. The van der Waals surface area contributed by atoms with Gasteiger partial charge in [-0.25, -0.2) is 0 Å². The Balaban J connectivity index is 0. The summed E-state index contributed by atoms with van der Waals surface area (Å²) in [6, 6.07) is 0. The molecule has 0 spiro atoms. The molecule has 0 aliphatic rings. The van der Waals surface area contributed by atoms with Crippen LogP contribution in [0.5, 0.6) is 0 Å². The Labute approximate surface area is 139 Å². The molecule has 0 saturated heterocycles. The van der Waals surface area contributed by atoms with E-state index in [1.807, 2.05) is 39.0 Å². The van der Waals surface area contributed by atoms with Crippen molar-refractivity contribution in [2.24, 2.45) is 11.8 Å². The Kier molecular flexibility index (Phi) is 13.6. The predicted octanol–water partition coefficient (Wildman–Crippen LogP) is 7.44. The van der Waals surface area contributed by atoms with Gasteiger partial charge in [0, 0.05) is 0 Å². The van der Waals surface area contributed by atoms with Gasteiger partial charge in [0.1, 0.15) is 0 Å². The van der Waals surface area contributed by atoms with E-state index < -0.39 is 0 Å². The van der Waals surface area contributed by atoms with E-state index in [0.717, 1.165) is 28.2 Å². The second-order valence-electron chi connectivity index (χ2n) is 6.01. The third kappa shape index (κ3) is 12.2. The highest BCUT2D eigenvalue weighted by molar-refractivity contribution is 5.45. The van der Waals surface area contributed by atoms with Gasteiger partial charge < -0.3 is 0 Å². The normalized spacial score (nSPS) is 12.1. The van der Waals surface area contributed by atoms with Crippen molar-refractivity contribution in [1.82, 2.24) is 0 Å². The number of hydrogen-bond acceptors (Lipinski definition) is 0. The van der Waals surface area contributed by atoms with Gasteiger partial charge in [0.2, 0.25) is 0 Å². The number of allylic oxidation sites excluding steroid dienone is 8. The summed E-state index contributed by atoms with van der Waals surface area (Å²) in [5, 5.41) is 0. The second kappa shape index (κ2) is 13.1. The quantitative estimate of drug-likeness (QED) is 0.388. The van der Waals surface area contributed by atoms with Crippen molar-refractivity contribution in [3.63, 3.8) is 0 Å². The Morgan fingerprint density at radius 3 is 1.64 bits per heavy atom. The van der Waals surface area contributed by atoms with Crippen LogP contribution in [0, 0.1) is 11.8 Å². The molecule has 0 heterocycles. The van der Waals surface area contributed by atoms with E-state index in [4.69, 9.17) is 0 Å². The fourth-order valence-corrected chi connectivity index (χ4v) is 1.60. The molecule has 0 fully saturated rings. The molecule has 0 aliphatic heterocycles. The monoisotopic (exact) mass is 300 g/mol. The van der Waals surface area contributed by atoms with E-state index in [9.17, 15) is 0 Å². The molecule has 0 aromatic carbocycles. The van der Waals surface area contributed by atoms with Crippen LogP contribution >= 0.6 is 0 Å². The van der Waals surface area contributed by atoms with E-state index in [-0.39, 0.29) is 0 Å². The molecule has 22 heavy (non-hydrogen) atoms. The maximum Gasteiger partial charge on any atom is -0.0196 e. The molecule has 1 atom stereocenters. The fraction of sp³-hybridized carbons (Fsp3) is 0.455. The molecular formula is C22H36. The summed E-state index contributed by atoms with van der Waals surface area (Å²) in [5.41, 5.74) is 3.99. The maximum atomic E-state index is 4.15. The van der Waals surface area contributed by atoms with Crippen LogP contribution in [-0.4, -0.2) is 0 Å². The second-order valence-corrected chi connectivity index (χ2v) is 6.01. The van der Waals surface area contributed by atoms with E-state index in [0.29, 0.717) is 5.92 Å². The molecule has 0 heteroatoms. The first kappa shape index (κ1) is 22.7. The summed E-state index contributed by atoms with van der Waals surface area (Å²) in [7, 11) is 0. The highest BCUT2D eigenvalue weighted by Crippen LogP contribution is 2.20. The van der Waals surface area contributed by atoms with Crippen LogP contribution in [0.4, 0.5) is 0 Å². The molecule has 0 aromatic heterocycles. The standard InChI is InChI=1S/C20H30.C2H6/c1-15(2)9-11-17(5)19(7)13-14-20(8)18(6)12-10-16(3)4;1-2/h9,11,13-14,16,18H,1,5,7-8,10,12H2,2-4,6H3;1-2H3/b11-9-,14-13-;. The lowest BCUT2D eigenvalue weighted by atomic mass is 9.93. The largest absolute Gasteiger partial charge is 0.0961 e. The van der Waals surface area contributed by atoms with Crippen molar-refractivity contribution >= 4 is 0 Å². The highest BCUT2D eigenvalue weighted by Gasteiger charge is 2.05. The first-order chi connectivity index (χ1) is 10.2. The Morgan fingerprint density at radius 2 is 1.23 bits per heavy atom. The van der Waals surface area contributed by atoms with Crippen molar-refractivity contribution in [2.75, 3.05) is 0 Å². The molecule has 124 valence electrons. The zero-order chi connectivity index (χ0) is 17.7. The minimum absolute atomic E-state index is 0.515. The first-order valence-electron chi connectivity index (χ1n) is 8.32. The van der Waals surface area contributed by atoms with Gasteiger partial charge in [-0.05, 0) is 36.3 Å². The summed E-state index contributed by atoms with van der Waals surface area (Å²) in [6.45, 7) is 28.7. The van der Waals surface area contributed by atoms with Gasteiger partial charge in [0.15, 0.2) is 0 Å². The summed E-state index contributed by atoms with van der Waals surface area (Å²) in [6.07, 6.45) is 10.4. The van der Waals surface area contributed by atoms with Crippen LogP contribution < -0.4 is 0 Å². The van der Waals surface area contributed by atoms with Crippen molar-refractivity contribution in [1.29, 1.82) is 0 Å². The minimum Gasteiger partial charge on any atom is -0.0961 e. The third-order valence-electron chi connectivity index (χ3n) is 3.29. The molecule has 0 saturated carbocycles. The van der Waals surface area contributed by atoms with E-state index >= 15 is 0 Å². The fourth-order valence-electron chi connectivity index (χ4n) is 1.60. The van der Waals surface area contributed by atoms with Gasteiger partial charge in [0.25, 0.3) is 0 Å². The van der Waals surface area contributed by atoms with Crippen LogP contribution in [0.15, 0.2) is 72.9 Å². The average molecular weight is 301 g/mol. The van der Waals surface area contributed by atoms with E-state index in [2.05, 4.69) is 53.2 Å². The number of hydrogen-bond donors (Lipinski definition) is 0. The summed E-state index contributed by atoms with van der Waals surface area (Å²) in [5.74, 6) is 1.26. The summed E-state index contributed by atoms with van der Waals surface area (Å²) >= 11 is 0. The molecule has 0 aliphatic carbocycles. The number of rotatable bonds is 9. The highest BCUT2D eigenvalue weighted by atomic mass is 14.1. The van der Waals surface area contributed by atoms with Gasteiger partial charge in [-0.15, -0.1) is 0 Å². The smallest absolute Gasteiger partial charge is 0.0196 e. The van der Waals surface area contributed by atoms with Crippen LogP contribution in [0.2, 0.25) is 0 Å². The van der Waals surface area contributed by atoms with Gasteiger partial charge in [-0.2, -0.15) is 0 Å². The van der Waals surface area contributed by atoms with Crippen molar-refractivity contribution in [3.05, 3.63) is 72.9 Å². The Hall–Kier alpha value is -1.56. The van der Waals surface area contributed by atoms with Crippen LogP contribution in [-0.2, 0) is 0 Å². The van der Waals surface area contributed by atoms with Crippen LogP contribution in [0.25, 0.3) is 0 Å². The molecule has 0 bridgehead atoms. The molecule has 0 amide bonds. The molecule has 0 nitrogen and oxygen atoms in total. The zero-order valence-corrected chi connectivity index (χ0v) is 15.7. The van der Waals surface area contributed by atoms with E-state index in [1.165, 1.54) is 12.8 Å². The van der Waals surface area contributed by atoms with Crippen LogP contribution in [0.1, 0.15) is 54.4 Å². The molecular weight excluding hydrogens is 264 g/mol. The third-order valence-corrected chi connectivity index (χ3v) is 3.29.